The molecule has 0 atom stereocenters. The summed E-state index contributed by atoms with van der Waals surface area (Å²) < 4.78 is 1.95. The van der Waals surface area contributed by atoms with E-state index in [1.54, 1.807) is 30.1 Å². The Morgan fingerprint density at radius 1 is 1.38 bits per heavy atom. The van der Waals surface area contributed by atoms with Gasteiger partial charge in [-0.15, -0.1) is 0 Å². The van der Waals surface area contributed by atoms with Crippen molar-refractivity contribution in [2.45, 2.75) is 10.9 Å². The number of nitrogens with zero attached hydrogens (tertiary/aromatic N) is 3. The first kappa shape index (κ1) is 11.8. The standard InChI is InChI=1S/C10H9Cl2N3S/c1-15-5-4-13-10(15)16-6-8-7(11)2-3-9(12)14-8/h2-5H,6H2,1H3. The Balaban J connectivity index is 2.10. The number of hydrogen-bond donors (Lipinski definition) is 0. The summed E-state index contributed by atoms with van der Waals surface area (Å²) in [4.78, 5) is 8.38. The summed E-state index contributed by atoms with van der Waals surface area (Å²) >= 11 is 13.4. The van der Waals surface area contributed by atoms with Crippen molar-refractivity contribution < 1.29 is 0 Å². The molecule has 0 fully saturated rings. The molecule has 0 saturated carbocycles. The van der Waals surface area contributed by atoms with E-state index in [4.69, 9.17) is 23.2 Å². The van der Waals surface area contributed by atoms with Crippen molar-refractivity contribution in [1.29, 1.82) is 0 Å². The summed E-state index contributed by atoms with van der Waals surface area (Å²) in [5, 5.41) is 2.02. The maximum absolute atomic E-state index is 6.01. The zero-order chi connectivity index (χ0) is 11.5. The van der Waals surface area contributed by atoms with Crippen LogP contribution in [0.5, 0.6) is 0 Å². The Labute approximate surface area is 108 Å². The van der Waals surface area contributed by atoms with Crippen LogP contribution in [0.2, 0.25) is 10.2 Å². The van der Waals surface area contributed by atoms with Crippen LogP contribution in [0.3, 0.4) is 0 Å². The average Bonchev–Trinajstić information content (AvgIpc) is 2.66. The van der Waals surface area contributed by atoms with Gasteiger partial charge in [0.05, 0.1) is 10.7 Å². The second kappa shape index (κ2) is 5.08. The van der Waals surface area contributed by atoms with Crippen LogP contribution in [0.25, 0.3) is 0 Å². The number of halogens is 2. The highest BCUT2D eigenvalue weighted by Gasteiger charge is 2.06. The van der Waals surface area contributed by atoms with Crippen molar-refractivity contribution >= 4 is 35.0 Å². The highest BCUT2D eigenvalue weighted by molar-refractivity contribution is 7.98. The molecule has 0 spiro atoms. The number of imidazole rings is 1. The molecule has 3 nitrogen and oxygen atoms in total. The smallest absolute Gasteiger partial charge is 0.168 e. The topological polar surface area (TPSA) is 30.7 Å². The number of hydrogen-bond acceptors (Lipinski definition) is 3. The molecule has 0 aliphatic rings. The second-order valence-electron chi connectivity index (χ2n) is 3.17. The quantitative estimate of drug-likeness (QED) is 0.634. The van der Waals surface area contributed by atoms with E-state index in [1.165, 1.54) is 0 Å². The molecule has 2 rings (SSSR count). The van der Waals surface area contributed by atoms with Crippen LogP contribution in [-0.2, 0) is 12.8 Å². The van der Waals surface area contributed by atoms with E-state index < -0.39 is 0 Å². The van der Waals surface area contributed by atoms with Crippen LogP contribution in [0.15, 0.2) is 29.7 Å². The predicted molar refractivity (Wildman–Crippen MR) is 67.0 cm³/mol. The minimum absolute atomic E-state index is 0.458. The molecule has 0 N–H and O–H groups in total. The molecule has 16 heavy (non-hydrogen) atoms. The highest BCUT2D eigenvalue weighted by atomic mass is 35.5. The lowest BCUT2D eigenvalue weighted by Gasteiger charge is -2.03. The van der Waals surface area contributed by atoms with Gasteiger partial charge in [0.15, 0.2) is 5.16 Å². The van der Waals surface area contributed by atoms with Crippen molar-refractivity contribution in [3.8, 4) is 0 Å². The Morgan fingerprint density at radius 2 is 2.19 bits per heavy atom. The van der Waals surface area contributed by atoms with Gasteiger partial charge in [-0.25, -0.2) is 9.97 Å². The highest BCUT2D eigenvalue weighted by Crippen LogP contribution is 2.25. The van der Waals surface area contributed by atoms with Gasteiger partial charge in [0, 0.05) is 25.2 Å². The zero-order valence-electron chi connectivity index (χ0n) is 8.52. The number of rotatable bonds is 3. The molecule has 0 radical (unpaired) electrons. The molecule has 2 aromatic heterocycles. The van der Waals surface area contributed by atoms with E-state index in [9.17, 15) is 0 Å². The van der Waals surface area contributed by atoms with Crippen molar-refractivity contribution in [3.63, 3.8) is 0 Å². The Bertz CT molecular complexity index is 499. The molecule has 2 heterocycles. The zero-order valence-corrected chi connectivity index (χ0v) is 10.9. The maximum atomic E-state index is 6.01. The molecule has 0 unspecified atom stereocenters. The monoisotopic (exact) mass is 273 g/mol. The van der Waals surface area contributed by atoms with Gasteiger partial charge in [-0.2, -0.15) is 0 Å². The van der Waals surface area contributed by atoms with E-state index in [1.807, 2.05) is 17.8 Å². The SMILES string of the molecule is Cn1ccnc1SCc1nc(Cl)ccc1Cl. The third-order valence-electron chi connectivity index (χ3n) is 2.00. The van der Waals surface area contributed by atoms with Gasteiger partial charge in [-0.3, -0.25) is 0 Å². The van der Waals surface area contributed by atoms with Crippen molar-refractivity contribution in [3.05, 3.63) is 40.4 Å². The first-order valence-corrected chi connectivity index (χ1v) is 6.32. The Hall–Kier alpha value is -0.710. The van der Waals surface area contributed by atoms with E-state index in [0.717, 1.165) is 10.9 Å². The van der Waals surface area contributed by atoms with Gasteiger partial charge in [-0.05, 0) is 12.1 Å². The van der Waals surface area contributed by atoms with Crippen LogP contribution >= 0.6 is 35.0 Å². The van der Waals surface area contributed by atoms with E-state index in [2.05, 4.69) is 9.97 Å². The van der Waals surface area contributed by atoms with Crippen molar-refractivity contribution in [2.75, 3.05) is 0 Å². The van der Waals surface area contributed by atoms with Gasteiger partial charge in [0.1, 0.15) is 5.15 Å². The predicted octanol–water partition coefficient (Wildman–Crippen LogP) is 3.41. The third-order valence-corrected chi connectivity index (χ3v) is 3.62. The summed E-state index contributed by atoms with van der Waals surface area (Å²) in [5.74, 6) is 0.657. The first-order valence-electron chi connectivity index (χ1n) is 4.58. The van der Waals surface area contributed by atoms with Crippen LogP contribution in [0.1, 0.15) is 5.69 Å². The van der Waals surface area contributed by atoms with Gasteiger partial charge in [0.2, 0.25) is 0 Å². The fourth-order valence-electron chi connectivity index (χ4n) is 1.18. The molecule has 2 aromatic rings. The second-order valence-corrected chi connectivity index (χ2v) is 4.91. The summed E-state index contributed by atoms with van der Waals surface area (Å²) in [7, 11) is 1.95. The number of thioether (sulfide) groups is 1. The molecule has 0 amide bonds. The third kappa shape index (κ3) is 2.70. The number of aryl methyl sites for hydroxylation is 1. The average molecular weight is 274 g/mol. The normalized spacial score (nSPS) is 10.7. The van der Waals surface area contributed by atoms with Crippen molar-refractivity contribution in [2.24, 2.45) is 7.05 Å². The van der Waals surface area contributed by atoms with E-state index in [0.29, 0.717) is 15.9 Å². The number of aromatic nitrogens is 3. The summed E-state index contributed by atoms with van der Waals surface area (Å²) in [6, 6.07) is 3.43. The van der Waals surface area contributed by atoms with E-state index >= 15 is 0 Å². The molecule has 0 bridgehead atoms. The van der Waals surface area contributed by atoms with Gasteiger partial charge in [0.25, 0.3) is 0 Å². The van der Waals surface area contributed by atoms with Crippen LogP contribution in [0.4, 0.5) is 0 Å². The van der Waals surface area contributed by atoms with Crippen LogP contribution < -0.4 is 0 Å². The maximum Gasteiger partial charge on any atom is 0.168 e. The van der Waals surface area contributed by atoms with Crippen LogP contribution in [0, 0.1) is 0 Å². The number of pyridine rings is 1. The van der Waals surface area contributed by atoms with Gasteiger partial charge < -0.3 is 4.57 Å². The lowest BCUT2D eigenvalue weighted by atomic mass is 10.4. The fraction of sp³-hybridized carbons (Fsp3) is 0.200. The molecule has 0 saturated heterocycles. The van der Waals surface area contributed by atoms with Gasteiger partial charge in [-0.1, -0.05) is 35.0 Å². The Morgan fingerprint density at radius 3 is 2.88 bits per heavy atom. The molecule has 0 aliphatic carbocycles. The minimum Gasteiger partial charge on any atom is -0.329 e. The molecular weight excluding hydrogens is 265 g/mol. The largest absolute Gasteiger partial charge is 0.329 e. The minimum atomic E-state index is 0.458. The Kier molecular flexibility index (Phi) is 3.74. The molecular formula is C10H9Cl2N3S. The fourth-order valence-corrected chi connectivity index (χ4v) is 2.48. The first-order chi connectivity index (χ1) is 7.66. The lowest BCUT2D eigenvalue weighted by Crippen LogP contribution is -1.92. The lowest BCUT2D eigenvalue weighted by molar-refractivity contribution is 0.789. The summed E-state index contributed by atoms with van der Waals surface area (Å²) in [6.45, 7) is 0. The van der Waals surface area contributed by atoms with Gasteiger partial charge >= 0.3 is 0 Å². The van der Waals surface area contributed by atoms with E-state index in [-0.39, 0.29) is 0 Å². The van der Waals surface area contributed by atoms with Crippen LogP contribution in [-0.4, -0.2) is 14.5 Å². The molecule has 0 aromatic carbocycles. The molecule has 0 aliphatic heterocycles. The summed E-state index contributed by atoms with van der Waals surface area (Å²) in [6.07, 6.45) is 3.66. The van der Waals surface area contributed by atoms with Crippen molar-refractivity contribution in [1.82, 2.24) is 14.5 Å². The molecule has 84 valence electrons. The molecule has 6 heteroatoms. The summed E-state index contributed by atoms with van der Waals surface area (Å²) in [5.41, 5.74) is 0.780.